The second-order valence-corrected chi connectivity index (χ2v) is 3.29. The lowest BCUT2D eigenvalue weighted by molar-refractivity contribution is 1.26. The lowest BCUT2D eigenvalue weighted by Crippen LogP contribution is -2.05. The number of fused-ring (bicyclic) bond motifs is 1. The summed E-state index contributed by atoms with van der Waals surface area (Å²) in [5, 5.41) is 0.966. The van der Waals surface area contributed by atoms with E-state index in [0.29, 0.717) is 15.9 Å². The van der Waals surface area contributed by atoms with Crippen molar-refractivity contribution < 1.29 is 0 Å². The molecule has 66 valence electrons. The molecule has 0 spiro atoms. The average Bonchev–Trinajstić information content (AvgIpc) is 2.02. The molecule has 0 bridgehead atoms. The maximum Gasteiger partial charge on any atom is 0.258 e. The van der Waals surface area contributed by atoms with Crippen molar-refractivity contribution in [2.75, 3.05) is 0 Å². The van der Waals surface area contributed by atoms with Crippen LogP contribution in [0.25, 0.3) is 10.9 Å². The van der Waals surface area contributed by atoms with E-state index in [1.807, 2.05) is 0 Å². The van der Waals surface area contributed by atoms with Gasteiger partial charge in [0.15, 0.2) is 0 Å². The predicted octanol–water partition coefficient (Wildman–Crippen LogP) is 2.23. The first-order valence-corrected chi connectivity index (χ1v) is 4.27. The van der Waals surface area contributed by atoms with Gasteiger partial charge >= 0.3 is 0 Å². The third-order valence-electron chi connectivity index (χ3n) is 1.65. The summed E-state index contributed by atoms with van der Waals surface area (Å²) in [4.78, 5) is 17.8. The van der Waals surface area contributed by atoms with Gasteiger partial charge in [0.25, 0.3) is 5.56 Å². The Morgan fingerprint density at radius 2 is 2.15 bits per heavy atom. The van der Waals surface area contributed by atoms with E-state index in [0.717, 1.165) is 0 Å². The summed E-state index contributed by atoms with van der Waals surface area (Å²) in [5.74, 6) is 0. The van der Waals surface area contributed by atoms with Gasteiger partial charge in [-0.3, -0.25) is 4.79 Å². The molecule has 0 aromatic carbocycles. The van der Waals surface area contributed by atoms with Gasteiger partial charge in [-0.1, -0.05) is 23.2 Å². The van der Waals surface area contributed by atoms with Crippen LogP contribution in [-0.2, 0) is 0 Å². The molecule has 0 fully saturated rings. The normalized spacial score (nSPS) is 10.6. The molecule has 13 heavy (non-hydrogen) atoms. The SMILES string of the molecule is O=c1[nH]ccc2nc(Cl)cc(Cl)c12. The highest BCUT2D eigenvalue weighted by molar-refractivity contribution is 6.37. The Hall–Kier alpha value is -1.06. The van der Waals surface area contributed by atoms with E-state index < -0.39 is 0 Å². The molecule has 0 aliphatic heterocycles. The van der Waals surface area contributed by atoms with Crippen LogP contribution < -0.4 is 5.56 Å². The summed E-state index contributed by atoms with van der Waals surface area (Å²) in [7, 11) is 0. The summed E-state index contributed by atoms with van der Waals surface area (Å²) in [6, 6.07) is 3.09. The van der Waals surface area contributed by atoms with Crippen molar-refractivity contribution in [1.82, 2.24) is 9.97 Å². The number of rotatable bonds is 0. The third kappa shape index (κ3) is 1.41. The van der Waals surface area contributed by atoms with Crippen molar-refractivity contribution in [2.24, 2.45) is 0 Å². The fourth-order valence-corrected chi connectivity index (χ4v) is 1.66. The van der Waals surface area contributed by atoms with Crippen LogP contribution in [-0.4, -0.2) is 9.97 Å². The first-order valence-electron chi connectivity index (χ1n) is 3.52. The Kier molecular flexibility index (Phi) is 1.98. The first-order chi connectivity index (χ1) is 6.18. The Labute approximate surface area is 83.3 Å². The molecule has 0 aliphatic rings. The number of aromatic nitrogens is 2. The summed E-state index contributed by atoms with van der Waals surface area (Å²) < 4.78 is 0. The number of H-pyrrole nitrogens is 1. The monoisotopic (exact) mass is 214 g/mol. The van der Waals surface area contributed by atoms with Crippen LogP contribution in [0.4, 0.5) is 0 Å². The lowest BCUT2D eigenvalue weighted by atomic mass is 10.3. The largest absolute Gasteiger partial charge is 0.328 e. The van der Waals surface area contributed by atoms with Crippen LogP contribution in [0.15, 0.2) is 23.1 Å². The molecule has 5 heteroatoms. The van der Waals surface area contributed by atoms with Crippen molar-refractivity contribution >= 4 is 34.1 Å². The van der Waals surface area contributed by atoms with E-state index in [4.69, 9.17) is 23.2 Å². The zero-order valence-electron chi connectivity index (χ0n) is 6.34. The Morgan fingerprint density at radius 1 is 1.38 bits per heavy atom. The highest BCUT2D eigenvalue weighted by atomic mass is 35.5. The minimum absolute atomic E-state index is 0.258. The fourth-order valence-electron chi connectivity index (χ4n) is 1.12. The van der Waals surface area contributed by atoms with E-state index >= 15 is 0 Å². The van der Waals surface area contributed by atoms with Crippen molar-refractivity contribution in [3.8, 4) is 0 Å². The Balaban J connectivity index is 3.03. The number of nitrogens with one attached hydrogen (secondary N) is 1. The van der Waals surface area contributed by atoms with Gasteiger partial charge < -0.3 is 4.98 Å². The number of aromatic amines is 1. The molecule has 0 unspecified atom stereocenters. The van der Waals surface area contributed by atoms with Crippen LogP contribution in [0, 0.1) is 0 Å². The molecule has 0 aliphatic carbocycles. The number of hydrogen-bond acceptors (Lipinski definition) is 2. The maximum atomic E-state index is 11.3. The standard InChI is InChI=1S/C8H4Cl2N2O/c9-4-3-6(10)12-5-1-2-11-8(13)7(4)5/h1-3H,(H,11,13). The summed E-state index contributed by atoms with van der Waals surface area (Å²) in [6.07, 6.45) is 1.50. The zero-order valence-corrected chi connectivity index (χ0v) is 7.86. The molecule has 2 rings (SSSR count). The van der Waals surface area contributed by atoms with E-state index in [-0.39, 0.29) is 10.7 Å². The molecule has 1 N–H and O–H groups in total. The summed E-state index contributed by atoms with van der Waals surface area (Å²) in [5.41, 5.74) is 0.243. The number of hydrogen-bond donors (Lipinski definition) is 1. The van der Waals surface area contributed by atoms with Gasteiger partial charge in [-0.25, -0.2) is 4.98 Å². The number of halogens is 2. The lowest BCUT2D eigenvalue weighted by Gasteiger charge is -1.98. The van der Waals surface area contributed by atoms with E-state index in [2.05, 4.69) is 9.97 Å². The zero-order chi connectivity index (χ0) is 9.42. The molecule has 2 aromatic rings. The Bertz CT molecular complexity index is 521. The second-order valence-electron chi connectivity index (χ2n) is 2.49. The van der Waals surface area contributed by atoms with Crippen molar-refractivity contribution in [2.45, 2.75) is 0 Å². The molecule has 2 aromatic heterocycles. The number of nitrogens with zero attached hydrogens (tertiary/aromatic N) is 1. The van der Waals surface area contributed by atoms with Gasteiger partial charge in [-0.05, 0) is 12.1 Å². The van der Waals surface area contributed by atoms with Gasteiger partial charge in [0.05, 0.1) is 15.9 Å². The van der Waals surface area contributed by atoms with Gasteiger partial charge in [0, 0.05) is 6.20 Å². The fraction of sp³-hybridized carbons (Fsp3) is 0. The quantitative estimate of drug-likeness (QED) is 0.685. The topological polar surface area (TPSA) is 45.8 Å². The maximum absolute atomic E-state index is 11.3. The molecule has 0 atom stereocenters. The van der Waals surface area contributed by atoms with Crippen LogP contribution in [0.1, 0.15) is 0 Å². The molecule has 2 heterocycles. The van der Waals surface area contributed by atoms with Crippen molar-refractivity contribution in [3.05, 3.63) is 38.9 Å². The minimum Gasteiger partial charge on any atom is -0.328 e. The molecule has 0 radical (unpaired) electrons. The minimum atomic E-state index is -0.258. The average molecular weight is 215 g/mol. The van der Waals surface area contributed by atoms with Crippen molar-refractivity contribution in [1.29, 1.82) is 0 Å². The summed E-state index contributed by atoms with van der Waals surface area (Å²) >= 11 is 11.5. The van der Waals surface area contributed by atoms with E-state index in [9.17, 15) is 4.79 Å². The van der Waals surface area contributed by atoms with E-state index in [1.165, 1.54) is 12.3 Å². The molecular weight excluding hydrogens is 211 g/mol. The van der Waals surface area contributed by atoms with Gasteiger partial charge in [-0.2, -0.15) is 0 Å². The number of pyridine rings is 2. The molecule has 0 saturated carbocycles. The van der Waals surface area contributed by atoms with Crippen molar-refractivity contribution in [3.63, 3.8) is 0 Å². The molecule has 3 nitrogen and oxygen atoms in total. The predicted molar refractivity (Wildman–Crippen MR) is 52.4 cm³/mol. The molecule has 0 saturated heterocycles. The van der Waals surface area contributed by atoms with Crippen LogP contribution in [0.5, 0.6) is 0 Å². The smallest absolute Gasteiger partial charge is 0.258 e. The van der Waals surface area contributed by atoms with E-state index in [1.54, 1.807) is 6.07 Å². The van der Waals surface area contributed by atoms with Gasteiger partial charge in [-0.15, -0.1) is 0 Å². The highest BCUT2D eigenvalue weighted by Gasteiger charge is 2.05. The van der Waals surface area contributed by atoms with Crippen LogP contribution >= 0.6 is 23.2 Å². The molecular formula is C8H4Cl2N2O. The van der Waals surface area contributed by atoms with Crippen LogP contribution in [0.2, 0.25) is 10.2 Å². The van der Waals surface area contributed by atoms with Gasteiger partial charge in [0.2, 0.25) is 0 Å². The Morgan fingerprint density at radius 3 is 2.92 bits per heavy atom. The second kappa shape index (κ2) is 3.01. The third-order valence-corrected chi connectivity index (χ3v) is 2.14. The van der Waals surface area contributed by atoms with Crippen LogP contribution in [0.3, 0.4) is 0 Å². The molecule has 0 amide bonds. The highest BCUT2D eigenvalue weighted by Crippen LogP contribution is 2.21. The first kappa shape index (κ1) is 8.53. The van der Waals surface area contributed by atoms with Gasteiger partial charge in [0.1, 0.15) is 5.15 Å². The summed E-state index contributed by atoms with van der Waals surface area (Å²) in [6.45, 7) is 0.